The van der Waals surface area contributed by atoms with Crippen LogP contribution < -0.4 is 8.58 Å². The van der Waals surface area contributed by atoms with Crippen molar-refractivity contribution in [3.8, 4) is 0 Å². The minimum atomic E-state index is -2.46. The first kappa shape index (κ1) is 20.1. The second-order valence-corrected chi connectivity index (χ2v) is 22.2. The molecule has 0 aliphatic rings. The fourth-order valence-electron chi connectivity index (χ4n) is 3.97. The van der Waals surface area contributed by atoms with Crippen LogP contribution in [0.1, 0.15) is 59.3 Å². The molecule has 0 N–H and O–H groups in total. The number of hydrogen-bond donors (Lipinski definition) is 0. The van der Waals surface area contributed by atoms with Crippen LogP contribution in [-0.2, 0) is 14.1 Å². The third kappa shape index (κ3) is 3.79. The van der Waals surface area contributed by atoms with Gasteiger partial charge in [-0.3, -0.25) is 0 Å². The molecule has 2 heterocycles. The van der Waals surface area contributed by atoms with Crippen LogP contribution in [0, 0.1) is 0 Å². The Hall–Kier alpha value is -0.231. The number of imidazole rings is 1. The summed E-state index contributed by atoms with van der Waals surface area (Å²) in [5.74, 6) is 0. The van der Waals surface area contributed by atoms with E-state index in [2.05, 4.69) is 26.2 Å². The van der Waals surface area contributed by atoms with Crippen LogP contribution in [0.4, 0.5) is 0 Å². The quantitative estimate of drug-likeness (QED) is 0.462. The van der Waals surface area contributed by atoms with Crippen LogP contribution in [0.5, 0.6) is 0 Å². The van der Waals surface area contributed by atoms with Gasteiger partial charge in [-0.15, -0.1) is 0 Å². The van der Waals surface area contributed by atoms with Crippen molar-refractivity contribution in [1.82, 2.24) is 9.13 Å². The zero-order valence-corrected chi connectivity index (χ0v) is 19.8. The number of nitrogens with zero attached hydrogens (tertiary/aromatic N) is 2. The van der Waals surface area contributed by atoms with E-state index in [0.717, 1.165) is 5.52 Å². The molecule has 136 valence electrons. The molecule has 0 fully saturated rings. The fraction of sp³-hybridized carbons (Fsp3) is 0.737. The number of aromatic nitrogens is 2. The third-order valence-electron chi connectivity index (χ3n) is 5.53. The molecule has 0 aliphatic heterocycles. The van der Waals surface area contributed by atoms with Gasteiger partial charge in [0.1, 0.15) is 0 Å². The minimum absolute atomic E-state index is 0.135. The van der Waals surface area contributed by atoms with Gasteiger partial charge in [0, 0.05) is 0 Å². The van der Waals surface area contributed by atoms with E-state index in [1.807, 2.05) is 34.6 Å². The van der Waals surface area contributed by atoms with Crippen molar-refractivity contribution in [2.24, 2.45) is 14.1 Å². The molecule has 24 heavy (non-hydrogen) atoms. The molecule has 2 aromatic heterocycles. The summed E-state index contributed by atoms with van der Waals surface area (Å²) >= 11 is -0.482. The summed E-state index contributed by atoms with van der Waals surface area (Å²) in [5.41, 5.74) is 2.58. The molecule has 0 unspecified atom stereocenters. The first-order chi connectivity index (χ1) is 11.5. The Bertz CT molecular complexity index is 691. The Balaban J connectivity index is 2.59. The molecule has 2 aromatic rings. The van der Waals surface area contributed by atoms with Crippen molar-refractivity contribution >= 4 is 43.6 Å². The second kappa shape index (κ2) is 8.93. The van der Waals surface area contributed by atoms with Crippen molar-refractivity contribution in [2.75, 3.05) is 0 Å². The summed E-state index contributed by atoms with van der Waals surface area (Å²) in [4.78, 5) is 12.4. The van der Waals surface area contributed by atoms with Crippen LogP contribution >= 0.6 is 11.3 Å². The van der Waals surface area contributed by atoms with Gasteiger partial charge in [0.05, 0.1) is 0 Å². The molecule has 0 saturated heterocycles. The third-order valence-corrected chi connectivity index (χ3v) is 24.9. The standard InChI is InChI=1S/C7H7N2OS.3C4H9.Sn/c1-8-5-3-11-4-6(5)9(2)7(8)10;3*1-3-4-2;/h3H,1-2H3;3*1,3-4H2,2H3;. The fourth-order valence-corrected chi connectivity index (χ4v) is 25.0. The van der Waals surface area contributed by atoms with E-state index in [-0.39, 0.29) is 5.69 Å². The molecule has 0 aliphatic carbocycles. The van der Waals surface area contributed by atoms with E-state index in [1.54, 1.807) is 2.89 Å². The van der Waals surface area contributed by atoms with E-state index in [4.69, 9.17) is 0 Å². The Kier molecular flexibility index (Phi) is 7.47. The average Bonchev–Trinajstić information content (AvgIpc) is 3.12. The van der Waals surface area contributed by atoms with Crippen molar-refractivity contribution in [2.45, 2.75) is 72.6 Å². The summed E-state index contributed by atoms with van der Waals surface area (Å²) in [5, 5.41) is 2.25. The topological polar surface area (TPSA) is 26.9 Å². The predicted octanol–water partition coefficient (Wildman–Crippen LogP) is 4.99. The molecule has 2 rings (SSSR count). The first-order valence-electron chi connectivity index (χ1n) is 9.65. The number of fused-ring (bicyclic) bond motifs is 1. The molecule has 3 nitrogen and oxygen atoms in total. The van der Waals surface area contributed by atoms with Crippen molar-refractivity contribution in [1.29, 1.82) is 0 Å². The maximum absolute atomic E-state index is 12.4. The Labute approximate surface area is 154 Å². The van der Waals surface area contributed by atoms with E-state index in [1.165, 1.54) is 57.4 Å². The number of unbranched alkanes of at least 4 members (excludes halogenated alkanes) is 3. The summed E-state index contributed by atoms with van der Waals surface area (Å²) in [6.07, 6.45) is 7.97. The van der Waals surface area contributed by atoms with Gasteiger partial charge >= 0.3 is 155 Å². The Morgan fingerprint density at radius 1 is 0.917 bits per heavy atom. The van der Waals surface area contributed by atoms with E-state index in [9.17, 15) is 4.79 Å². The van der Waals surface area contributed by atoms with Crippen LogP contribution in [0.25, 0.3) is 11.0 Å². The van der Waals surface area contributed by atoms with Gasteiger partial charge in [0.15, 0.2) is 0 Å². The molecular formula is C19H34N2OSSn. The van der Waals surface area contributed by atoms with Gasteiger partial charge in [-0.1, -0.05) is 0 Å². The summed E-state index contributed by atoms with van der Waals surface area (Å²) < 4.78 is 9.83. The summed E-state index contributed by atoms with van der Waals surface area (Å²) in [6.45, 7) is 6.95. The van der Waals surface area contributed by atoms with E-state index >= 15 is 0 Å². The molecular weight excluding hydrogens is 423 g/mol. The maximum atomic E-state index is 12.4. The molecule has 0 saturated carbocycles. The van der Waals surface area contributed by atoms with Gasteiger partial charge in [-0.2, -0.15) is 0 Å². The molecule has 0 spiro atoms. The van der Waals surface area contributed by atoms with E-state index < -0.39 is 18.4 Å². The van der Waals surface area contributed by atoms with E-state index in [0.29, 0.717) is 0 Å². The molecule has 0 aromatic carbocycles. The van der Waals surface area contributed by atoms with Gasteiger partial charge in [0.2, 0.25) is 0 Å². The number of rotatable bonds is 10. The second-order valence-electron chi connectivity index (χ2n) is 7.29. The summed E-state index contributed by atoms with van der Waals surface area (Å²) in [6, 6.07) is 0. The molecule has 0 amide bonds. The van der Waals surface area contributed by atoms with Gasteiger partial charge < -0.3 is 0 Å². The predicted molar refractivity (Wildman–Crippen MR) is 111 cm³/mol. The average molecular weight is 457 g/mol. The van der Waals surface area contributed by atoms with Gasteiger partial charge in [-0.05, 0) is 0 Å². The molecule has 0 radical (unpaired) electrons. The molecule has 0 atom stereocenters. The first-order valence-corrected chi connectivity index (χ1v) is 18.0. The van der Waals surface area contributed by atoms with Crippen LogP contribution in [0.2, 0.25) is 13.3 Å². The van der Waals surface area contributed by atoms with Crippen LogP contribution in [0.15, 0.2) is 10.2 Å². The molecule has 0 bridgehead atoms. The normalized spacial score (nSPS) is 12.4. The Morgan fingerprint density at radius 2 is 1.42 bits per heavy atom. The van der Waals surface area contributed by atoms with Gasteiger partial charge in [-0.25, -0.2) is 0 Å². The monoisotopic (exact) mass is 458 g/mol. The zero-order valence-electron chi connectivity index (χ0n) is 16.2. The number of aryl methyl sites for hydroxylation is 2. The van der Waals surface area contributed by atoms with Crippen molar-refractivity contribution < 1.29 is 0 Å². The van der Waals surface area contributed by atoms with Gasteiger partial charge in [0.25, 0.3) is 0 Å². The Morgan fingerprint density at radius 3 is 1.88 bits per heavy atom. The summed E-state index contributed by atoms with van der Waals surface area (Å²) in [7, 11) is 3.89. The van der Waals surface area contributed by atoms with Crippen molar-refractivity contribution in [3.05, 3.63) is 15.9 Å². The number of hydrogen-bond acceptors (Lipinski definition) is 2. The van der Waals surface area contributed by atoms with Crippen LogP contribution in [-0.4, -0.2) is 27.5 Å². The SMILES string of the molecule is CCC[CH2][Sn]([CH2]CCC)([CH2]CCC)[c]1scc2c1n(C)c(=O)n2C. The van der Waals surface area contributed by atoms with Crippen molar-refractivity contribution in [3.63, 3.8) is 0 Å². The number of thiophene rings is 1. The molecule has 5 heteroatoms. The van der Waals surface area contributed by atoms with Crippen LogP contribution in [0.3, 0.4) is 0 Å². The zero-order chi connectivity index (χ0) is 17.7.